The Morgan fingerprint density at radius 3 is 2.63 bits per heavy atom. The number of aryl methyl sites for hydroxylation is 1. The number of anilines is 3. The van der Waals surface area contributed by atoms with Gasteiger partial charge in [0.05, 0.1) is 32.5 Å². The van der Waals surface area contributed by atoms with Crippen LogP contribution in [0.3, 0.4) is 0 Å². The van der Waals surface area contributed by atoms with Gasteiger partial charge in [0.2, 0.25) is 0 Å². The van der Waals surface area contributed by atoms with Gasteiger partial charge in [-0.15, -0.1) is 0 Å². The van der Waals surface area contributed by atoms with Crippen molar-refractivity contribution in [3.8, 4) is 11.8 Å². The Morgan fingerprint density at radius 2 is 1.90 bits per heavy atom. The van der Waals surface area contributed by atoms with E-state index < -0.39 is 39.4 Å². The topological polar surface area (TPSA) is 164 Å². The van der Waals surface area contributed by atoms with Crippen LogP contribution in [0.1, 0.15) is 46.8 Å². The van der Waals surface area contributed by atoms with Crippen LogP contribution in [0.5, 0.6) is 0 Å². The molecule has 1 heterocycles. The number of nitrogens with zero attached hydrogens (tertiary/aromatic N) is 2. The van der Waals surface area contributed by atoms with Gasteiger partial charge in [-0.1, -0.05) is 30.9 Å². The molecule has 214 valence electrons. The minimum Gasteiger partial charge on any atom is -0.481 e. The van der Waals surface area contributed by atoms with Crippen molar-refractivity contribution >= 4 is 44.8 Å². The third kappa shape index (κ3) is 9.44. The zero-order valence-corrected chi connectivity index (χ0v) is 23.5. The van der Waals surface area contributed by atoms with Crippen LogP contribution in [0.4, 0.5) is 26.4 Å². The van der Waals surface area contributed by atoms with Crippen molar-refractivity contribution < 1.29 is 28.1 Å². The minimum absolute atomic E-state index is 0.0486. The van der Waals surface area contributed by atoms with E-state index in [1.807, 2.05) is 0 Å². The second-order valence-corrected chi connectivity index (χ2v) is 12.0. The van der Waals surface area contributed by atoms with Crippen molar-refractivity contribution in [2.45, 2.75) is 26.7 Å². The summed E-state index contributed by atoms with van der Waals surface area (Å²) in [6.07, 6.45) is 3.23. The van der Waals surface area contributed by atoms with Crippen molar-refractivity contribution in [2.24, 2.45) is 10.3 Å². The van der Waals surface area contributed by atoms with Gasteiger partial charge in [0.15, 0.2) is 0 Å². The van der Waals surface area contributed by atoms with Crippen molar-refractivity contribution in [3.63, 3.8) is 0 Å². The molecule has 12 heteroatoms. The highest BCUT2D eigenvalue weighted by Gasteiger charge is 2.14. The molecule has 0 bridgehead atoms. The maximum Gasteiger partial charge on any atom is 0.323 e. The zero-order valence-electron chi connectivity index (χ0n) is 22.7. The van der Waals surface area contributed by atoms with Gasteiger partial charge >= 0.3 is 12.0 Å². The fourth-order valence-electron chi connectivity index (χ4n) is 3.58. The highest BCUT2D eigenvalue weighted by Crippen LogP contribution is 2.17. The van der Waals surface area contributed by atoms with Crippen LogP contribution in [-0.4, -0.2) is 44.2 Å². The van der Waals surface area contributed by atoms with Gasteiger partial charge in [-0.05, 0) is 61.7 Å². The number of carboxylic acids is 1. The lowest BCUT2D eigenvalue weighted by Crippen LogP contribution is -2.20. The molecular weight excluding hydrogens is 549 g/mol. The Bertz CT molecular complexity index is 1670. The fourth-order valence-corrected chi connectivity index (χ4v) is 4.83. The Balaban J connectivity index is 1.71. The Hall–Kier alpha value is -4.76. The van der Waals surface area contributed by atoms with Gasteiger partial charge in [0.1, 0.15) is 11.6 Å². The molecule has 3 rings (SSSR count). The quantitative estimate of drug-likeness (QED) is 0.276. The smallest absolute Gasteiger partial charge is 0.323 e. The first-order valence-corrected chi connectivity index (χ1v) is 14.6. The molecule has 0 aliphatic heterocycles. The molecule has 0 spiro atoms. The summed E-state index contributed by atoms with van der Waals surface area (Å²) in [5, 5.41) is 14.1. The van der Waals surface area contributed by atoms with Crippen LogP contribution in [-0.2, 0) is 14.5 Å². The highest BCUT2D eigenvalue weighted by molar-refractivity contribution is 7.93. The van der Waals surface area contributed by atoms with Crippen LogP contribution in [0, 0.1) is 30.5 Å². The highest BCUT2D eigenvalue weighted by atomic mass is 32.2. The maximum atomic E-state index is 14.0. The molecule has 5 N–H and O–H groups in total. The molecule has 1 aromatic heterocycles. The van der Waals surface area contributed by atoms with Gasteiger partial charge in [-0.2, -0.15) is 4.36 Å². The number of hydrogen-bond acceptors (Lipinski definition) is 6. The number of aromatic nitrogens is 1. The van der Waals surface area contributed by atoms with Crippen molar-refractivity contribution in [1.29, 1.82) is 0 Å². The van der Waals surface area contributed by atoms with Gasteiger partial charge < -0.3 is 21.5 Å². The predicted molar refractivity (Wildman–Crippen MR) is 157 cm³/mol. The summed E-state index contributed by atoms with van der Waals surface area (Å²) in [5.74, 6) is 3.06. The van der Waals surface area contributed by atoms with E-state index in [-0.39, 0.29) is 28.4 Å². The summed E-state index contributed by atoms with van der Waals surface area (Å²) < 4.78 is 30.5. The van der Waals surface area contributed by atoms with E-state index in [0.29, 0.717) is 24.1 Å². The summed E-state index contributed by atoms with van der Waals surface area (Å²) in [6.45, 7) is 3.34. The molecule has 0 radical (unpaired) electrons. The number of rotatable bonds is 8. The van der Waals surface area contributed by atoms with Crippen LogP contribution >= 0.6 is 0 Å². The summed E-state index contributed by atoms with van der Waals surface area (Å²) in [5.41, 5.74) is 7.99. The molecule has 3 aromatic rings. The van der Waals surface area contributed by atoms with Gasteiger partial charge in [0.25, 0.3) is 5.91 Å². The number of nitrogen functional groups attached to an aromatic ring is 1. The molecular formula is C29H30FN5O5S. The van der Waals surface area contributed by atoms with Crippen LogP contribution in [0.15, 0.2) is 59.1 Å². The first-order chi connectivity index (χ1) is 19.3. The lowest BCUT2D eigenvalue weighted by molar-refractivity contribution is -0.141. The van der Waals surface area contributed by atoms with Crippen molar-refractivity contribution in [3.05, 3.63) is 82.8 Å². The summed E-state index contributed by atoms with van der Waals surface area (Å²) in [6, 6.07) is 11.8. The summed E-state index contributed by atoms with van der Waals surface area (Å²) >= 11 is 0. The first kappa shape index (κ1) is 30.8. The average molecular weight is 580 g/mol. The number of benzene rings is 2. The number of nitrogens with two attached hydrogens (primary N) is 1. The molecule has 2 atom stereocenters. The number of urea groups is 1. The van der Waals surface area contributed by atoms with E-state index in [9.17, 15) is 23.0 Å². The number of pyridine rings is 1. The minimum atomic E-state index is -2.89. The number of hydrogen-bond donors (Lipinski definition) is 4. The monoisotopic (exact) mass is 579 g/mol. The number of carboxylic acid groups (broad SMARTS) is 1. The maximum absolute atomic E-state index is 14.0. The standard InChI is InChI=1S/C29H30FN5O5S/c1-18-9-12-24(30)25(14-18)34-29(39)33-23-8-4-7-20(15-23)10-11-21-16-22(17-32-26(21)31)27(36)35-41(3,40)13-5-6-19(2)28(37)38/h4,7-9,12,14-17,19H,5-6,13H2,1-3H3,(H2,31,32)(H,37,38)(H2,33,34,39). The number of halogens is 1. The summed E-state index contributed by atoms with van der Waals surface area (Å²) in [4.78, 5) is 40.0. The first-order valence-electron chi connectivity index (χ1n) is 12.5. The molecule has 0 saturated carbocycles. The van der Waals surface area contributed by atoms with Gasteiger partial charge in [-0.3, -0.25) is 9.59 Å². The number of nitrogens with one attached hydrogen (secondary N) is 2. The second kappa shape index (κ2) is 13.5. The van der Waals surface area contributed by atoms with E-state index in [2.05, 4.69) is 31.8 Å². The molecule has 0 aliphatic rings. The number of amides is 3. The van der Waals surface area contributed by atoms with E-state index in [0.717, 1.165) is 5.56 Å². The SMILES string of the molecule is Cc1ccc(F)c(NC(=O)Nc2cccc(C#Cc3cc(C(=O)N=S(C)(=O)CCCC(C)C(=O)O)cnc3N)c2)c1. The zero-order chi connectivity index (χ0) is 30.2. The normalized spacial score (nSPS) is 12.7. The molecule has 3 amide bonds. The van der Waals surface area contributed by atoms with E-state index in [4.69, 9.17) is 10.8 Å². The van der Waals surface area contributed by atoms with E-state index in [1.54, 1.807) is 44.2 Å². The van der Waals surface area contributed by atoms with E-state index >= 15 is 0 Å². The lowest BCUT2D eigenvalue weighted by Gasteiger charge is -2.09. The third-order valence-corrected chi connectivity index (χ3v) is 7.45. The fraction of sp³-hybridized carbons (Fsp3) is 0.241. The van der Waals surface area contributed by atoms with Crippen LogP contribution in [0.25, 0.3) is 0 Å². The molecule has 0 saturated heterocycles. The second-order valence-electron chi connectivity index (χ2n) is 9.49. The molecule has 2 unspecified atom stereocenters. The van der Waals surface area contributed by atoms with Gasteiger partial charge in [0, 0.05) is 29.5 Å². The van der Waals surface area contributed by atoms with Crippen molar-refractivity contribution in [1.82, 2.24) is 4.98 Å². The third-order valence-electron chi connectivity index (χ3n) is 5.86. The largest absolute Gasteiger partial charge is 0.481 e. The molecule has 2 aromatic carbocycles. The van der Waals surface area contributed by atoms with Crippen molar-refractivity contribution in [2.75, 3.05) is 28.4 Å². The Kier molecular flexibility index (Phi) is 10.2. The number of carbonyl (C=O) groups is 3. The van der Waals surface area contributed by atoms with Gasteiger partial charge in [-0.25, -0.2) is 18.4 Å². The Labute approximate surface area is 237 Å². The van der Waals surface area contributed by atoms with Crippen LogP contribution in [0.2, 0.25) is 0 Å². The lowest BCUT2D eigenvalue weighted by atomic mass is 10.1. The number of aliphatic carboxylic acids is 1. The Morgan fingerprint density at radius 1 is 1.15 bits per heavy atom. The van der Waals surface area contributed by atoms with E-state index in [1.165, 1.54) is 30.7 Å². The molecule has 0 aliphatic carbocycles. The number of carbonyl (C=O) groups excluding carboxylic acids is 2. The molecule has 41 heavy (non-hydrogen) atoms. The predicted octanol–water partition coefficient (Wildman–Crippen LogP) is 4.89. The molecule has 10 nitrogen and oxygen atoms in total. The summed E-state index contributed by atoms with van der Waals surface area (Å²) in [7, 11) is -2.89. The average Bonchev–Trinajstić information content (AvgIpc) is 2.90. The van der Waals surface area contributed by atoms with Crippen LogP contribution < -0.4 is 16.4 Å². The molecule has 0 fully saturated rings.